The SMILES string of the molecule is O=C(O)CCCOS(=O)(=O)c1ccc(Br)cc1. The summed E-state index contributed by atoms with van der Waals surface area (Å²) in [6, 6.07) is 6.01. The minimum Gasteiger partial charge on any atom is -0.481 e. The molecule has 0 amide bonds. The molecule has 0 unspecified atom stereocenters. The number of halogens is 1. The lowest BCUT2D eigenvalue weighted by molar-refractivity contribution is -0.137. The van der Waals surface area contributed by atoms with E-state index in [9.17, 15) is 13.2 Å². The van der Waals surface area contributed by atoms with Crippen molar-refractivity contribution >= 4 is 32.0 Å². The van der Waals surface area contributed by atoms with E-state index in [1.165, 1.54) is 12.1 Å². The molecule has 0 atom stereocenters. The van der Waals surface area contributed by atoms with Gasteiger partial charge in [0.15, 0.2) is 0 Å². The van der Waals surface area contributed by atoms with Crippen LogP contribution < -0.4 is 0 Å². The lowest BCUT2D eigenvalue weighted by Crippen LogP contribution is -2.08. The van der Waals surface area contributed by atoms with Crippen molar-refractivity contribution in [1.82, 2.24) is 0 Å². The Morgan fingerprint density at radius 3 is 2.41 bits per heavy atom. The molecule has 0 fully saturated rings. The van der Waals surface area contributed by atoms with Crippen LogP contribution >= 0.6 is 15.9 Å². The molecular formula is C10H11BrO5S. The zero-order valence-electron chi connectivity index (χ0n) is 8.80. The van der Waals surface area contributed by atoms with Gasteiger partial charge in [0.05, 0.1) is 11.5 Å². The van der Waals surface area contributed by atoms with Gasteiger partial charge >= 0.3 is 5.97 Å². The summed E-state index contributed by atoms with van der Waals surface area (Å²) in [5, 5.41) is 8.38. The Morgan fingerprint density at radius 1 is 1.29 bits per heavy atom. The third-order valence-corrected chi connectivity index (χ3v) is 3.73. The van der Waals surface area contributed by atoms with Gasteiger partial charge in [-0.25, -0.2) is 0 Å². The molecule has 94 valence electrons. The molecule has 0 aliphatic heterocycles. The van der Waals surface area contributed by atoms with Crippen LogP contribution in [0.1, 0.15) is 12.8 Å². The number of rotatable bonds is 6. The summed E-state index contributed by atoms with van der Waals surface area (Å²) in [5.41, 5.74) is 0. The molecule has 0 aromatic heterocycles. The van der Waals surface area contributed by atoms with Gasteiger partial charge in [0, 0.05) is 10.9 Å². The standard InChI is InChI=1S/C10H11BrO5S/c11-8-3-5-9(6-4-8)17(14,15)16-7-1-2-10(12)13/h3-6H,1-2,7H2,(H,12,13). The summed E-state index contributed by atoms with van der Waals surface area (Å²) in [6.07, 6.45) is 0.0426. The minimum absolute atomic E-state index is 0.0519. The minimum atomic E-state index is -3.79. The third-order valence-electron chi connectivity index (χ3n) is 1.88. The monoisotopic (exact) mass is 322 g/mol. The molecule has 7 heteroatoms. The van der Waals surface area contributed by atoms with E-state index in [-0.39, 0.29) is 24.3 Å². The van der Waals surface area contributed by atoms with E-state index >= 15 is 0 Å². The van der Waals surface area contributed by atoms with Crippen molar-refractivity contribution < 1.29 is 22.5 Å². The molecule has 0 heterocycles. The topological polar surface area (TPSA) is 80.7 Å². The lowest BCUT2D eigenvalue weighted by Gasteiger charge is -2.04. The van der Waals surface area contributed by atoms with Gasteiger partial charge in [-0.05, 0) is 30.7 Å². The van der Waals surface area contributed by atoms with Gasteiger partial charge < -0.3 is 5.11 Å². The van der Waals surface area contributed by atoms with E-state index in [2.05, 4.69) is 15.9 Å². The number of carboxylic acid groups (broad SMARTS) is 1. The Morgan fingerprint density at radius 2 is 1.88 bits per heavy atom. The molecule has 0 radical (unpaired) electrons. The van der Waals surface area contributed by atoms with Gasteiger partial charge in [0.25, 0.3) is 10.1 Å². The van der Waals surface area contributed by atoms with Crippen molar-refractivity contribution in [2.24, 2.45) is 0 Å². The average Bonchev–Trinajstić information content (AvgIpc) is 2.25. The second-order valence-electron chi connectivity index (χ2n) is 3.23. The van der Waals surface area contributed by atoms with Crippen molar-refractivity contribution in [3.05, 3.63) is 28.7 Å². The summed E-state index contributed by atoms with van der Waals surface area (Å²) in [5.74, 6) is -0.977. The Balaban J connectivity index is 2.57. The van der Waals surface area contributed by atoms with E-state index in [0.29, 0.717) is 0 Å². The van der Waals surface area contributed by atoms with Crippen molar-refractivity contribution in [2.75, 3.05) is 6.61 Å². The van der Waals surface area contributed by atoms with Crippen LogP contribution in [0, 0.1) is 0 Å². The van der Waals surface area contributed by atoms with Gasteiger partial charge in [-0.15, -0.1) is 0 Å². The first-order valence-electron chi connectivity index (χ1n) is 4.78. The molecule has 0 spiro atoms. The Labute approximate surface area is 108 Å². The van der Waals surface area contributed by atoms with Gasteiger partial charge in [-0.2, -0.15) is 8.42 Å². The maximum atomic E-state index is 11.6. The molecule has 1 N–H and O–H groups in total. The highest BCUT2D eigenvalue weighted by molar-refractivity contribution is 9.10. The lowest BCUT2D eigenvalue weighted by atomic mass is 10.3. The largest absolute Gasteiger partial charge is 0.481 e. The molecule has 0 bridgehead atoms. The van der Waals surface area contributed by atoms with E-state index in [1.54, 1.807) is 12.1 Å². The van der Waals surface area contributed by atoms with Crippen LogP contribution in [0.2, 0.25) is 0 Å². The first kappa shape index (κ1) is 14.1. The first-order valence-corrected chi connectivity index (χ1v) is 6.99. The summed E-state index contributed by atoms with van der Waals surface area (Å²) in [7, 11) is -3.79. The first-order chi connectivity index (χ1) is 7.92. The predicted octanol–water partition coefficient (Wildman–Crippen LogP) is 2.02. The van der Waals surface area contributed by atoms with Gasteiger partial charge in [-0.1, -0.05) is 15.9 Å². The maximum Gasteiger partial charge on any atom is 0.303 e. The second-order valence-corrected chi connectivity index (χ2v) is 5.76. The van der Waals surface area contributed by atoms with Crippen LogP contribution in [0.3, 0.4) is 0 Å². The normalized spacial score (nSPS) is 11.4. The number of carboxylic acids is 1. The molecule has 0 aliphatic rings. The van der Waals surface area contributed by atoms with Crippen LogP contribution in [-0.2, 0) is 19.1 Å². The Hall–Kier alpha value is -0.920. The highest BCUT2D eigenvalue weighted by Gasteiger charge is 2.14. The zero-order valence-corrected chi connectivity index (χ0v) is 11.2. The van der Waals surface area contributed by atoms with Crippen molar-refractivity contribution in [2.45, 2.75) is 17.7 Å². The fraction of sp³-hybridized carbons (Fsp3) is 0.300. The van der Waals surface area contributed by atoms with Crippen LogP contribution in [0.4, 0.5) is 0 Å². The zero-order chi connectivity index (χ0) is 12.9. The smallest absolute Gasteiger partial charge is 0.303 e. The van der Waals surface area contributed by atoms with Crippen LogP contribution in [0.15, 0.2) is 33.6 Å². The summed E-state index contributed by atoms with van der Waals surface area (Å²) in [4.78, 5) is 10.3. The van der Waals surface area contributed by atoms with Gasteiger partial charge in [-0.3, -0.25) is 8.98 Å². The molecule has 1 rings (SSSR count). The molecule has 1 aromatic carbocycles. The highest BCUT2D eigenvalue weighted by Crippen LogP contribution is 2.16. The summed E-state index contributed by atoms with van der Waals surface area (Å²) in [6.45, 7) is -0.134. The van der Waals surface area contributed by atoms with E-state index in [0.717, 1.165) is 4.47 Å². The average molecular weight is 323 g/mol. The quantitative estimate of drug-likeness (QED) is 0.640. The van der Waals surface area contributed by atoms with Crippen LogP contribution in [-0.4, -0.2) is 26.1 Å². The number of aliphatic carboxylic acids is 1. The van der Waals surface area contributed by atoms with E-state index < -0.39 is 16.1 Å². The fourth-order valence-corrected chi connectivity index (χ4v) is 2.27. The molecule has 0 saturated carbocycles. The fourth-order valence-electron chi connectivity index (χ4n) is 1.06. The third kappa shape index (κ3) is 4.84. The van der Waals surface area contributed by atoms with Crippen LogP contribution in [0.25, 0.3) is 0 Å². The number of hydrogen-bond donors (Lipinski definition) is 1. The number of benzene rings is 1. The maximum absolute atomic E-state index is 11.6. The van der Waals surface area contributed by atoms with Crippen molar-refractivity contribution in [1.29, 1.82) is 0 Å². The number of hydrogen-bond acceptors (Lipinski definition) is 4. The molecule has 17 heavy (non-hydrogen) atoms. The molecular weight excluding hydrogens is 312 g/mol. The second kappa shape index (κ2) is 6.13. The highest BCUT2D eigenvalue weighted by atomic mass is 79.9. The Kier molecular flexibility index (Phi) is 5.10. The molecule has 1 aromatic rings. The Bertz CT molecular complexity index is 480. The summed E-state index contributed by atoms with van der Waals surface area (Å²) < 4.78 is 28.7. The molecule has 0 aliphatic carbocycles. The van der Waals surface area contributed by atoms with E-state index in [4.69, 9.17) is 9.29 Å². The molecule has 5 nitrogen and oxygen atoms in total. The predicted molar refractivity (Wildman–Crippen MR) is 64.1 cm³/mol. The van der Waals surface area contributed by atoms with Crippen LogP contribution in [0.5, 0.6) is 0 Å². The molecule has 0 saturated heterocycles. The van der Waals surface area contributed by atoms with E-state index in [1.807, 2.05) is 0 Å². The van der Waals surface area contributed by atoms with Gasteiger partial charge in [0.2, 0.25) is 0 Å². The van der Waals surface area contributed by atoms with Crippen molar-refractivity contribution in [3.63, 3.8) is 0 Å². The number of carbonyl (C=O) groups is 1. The summed E-state index contributed by atoms with van der Waals surface area (Å²) >= 11 is 3.19. The van der Waals surface area contributed by atoms with Crippen molar-refractivity contribution in [3.8, 4) is 0 Å². The van der Waals surface area contributed by atoms with Gasteiger partial charge in [0.1, 0.15) is 0 Å².